The van der Waals surface area contributed by atoms with Crippen LogP contribution in [0.3, 0.4) is 0 Å². The lowest BCUT2D eigenvalue weighted by atomic mass is 10.1. The third kappa shape index (κ3) is 3.40. The molecule has 0 spiro atoms. The van der Waals surface area contributed by atoms with E-state index in [4.69, 9.17) is 16.3 Å². The van der Waals surface area contributed by atoms with Gasteiger partial charge in [0.15, 0.2) is 0 Å². The van der Waals surface area contributed by atoms with Gasteiger partial charge in [0.05, 0.1) is 23.9 Å². The van der Waals surface area contributed by atoms with Gasteiger partial charge >= 0.3 is 0 Å². The molecule has 1 aromatic carbocycles. The maximum atomic E-state index is 13.1. The van der Waals surface area contributed by atoms with Crippen LogP contribution in [0.25, 0.3) is 10.9 Å². The molecule has 6 nitrogen and oxygen atoms in total. The molecule has 0 aliphatic carbocycles. The van der Waals surface area contributed by atoms with Crippen LogP contribution in [0.4, 0.5) is 11.5 Å². The Morgan fingerprint density at radius 1 is 1.21 bits per heavy atom. The maximum absolute atomic E-state index is 13.1. The molecule has 1 aliphatic heterocycles. The normalized spacial score (nSPS) is 14.3. The predicted molar refractivity (Wildman–Crippen MR) is 112 cm³/mol. The Labute approximate surface area is 169 Å². The number of hydrogen-bond donors (Lipinski definition) is 1. The van der Waals surface area contributed by atoms with E-state index in [1.807, 2.05) is 34.8 Å². The third-order valence-electron chi connectivity index (χ3n) is 5.20. The van der Waals surface area contributed by atoms with E-state index < -0.39 is 0 Å². The zero-order valence-electron chi connectivity index (χ0n) is 16.0. The fraction of sp³-hybridized carbons (Fsp3) is 0.333. The number of benzene rings is 1. The number of carbonyl (C=O) groups is 1. The first kappa shape index (κ1) is 18.6. The summed E-state index contributed by atoms with van der Waals surface area (Å²) >= 11 is 6.06. The van der Waals surface area contributed by atoms with Gasteiger partial charge in [-0.2, -0.15) is 0 Å². The summed E-state index contributed by atoms with van der Waals surface area (Å²) in [4.78, 5) is 19.6. The average molecular weight is 399 g/mol. The number of anilines is 2. The van der Waals surface area contributed by atoms with Crippen molar-refractivity contribution in [2.45, 2.75) is 19.3 Å². The molecule has 0 bridgehead atoms. The van der Waals surface area contributed by atoms with Crippen LogP contribution in [0.5, 0.6) is 5.75 Å². The molecule has 0 unspecified atom stereocenters. The molecule has 0 atom stereocenters. The standard InChI is InChI=1S/C21H23ClN4O2/c1-25-11-8-15-19(25)16(21(27)26-9-4-3-5-10-26)13-23-20(15)24-17-7-6-14(22)12-18(17)28-2/h6-8,11-13H,3-5,9-10H2,1-2H3,(H,23,24). The number of aryl methyl sites for hydroxylation is 1. The van der Waals surface area contributed by atoms with E-state index in [9.17, 15) is 4.79 Å². The molecule has 3 heterocycles. The first-order valence-corrected chi connectivity index (χ1v) is 9.80. The monoisotopic (exact) mass is 398 g/mol. The summed E-state index contributed by atoms with van der Waals surface area (Å²) < 4.78 is 7.39. The molecule has 2 aromatic heterocycles. The number of piperidine rings is 1. The van der Waals surface area contributed by atoms with E-state index in [1.54, 1.807) is 25.4 Å². The second-order valence-corrected chi connectivity index (χ2v) is 7.47. The lowest BCUT2D eigenvalue weighted by molar-refractivity contribution is 0.0725. The number of rotatable bonds is 4. The highest BCUT2D eigenvalue weighted by atomic mass is 35.5. The maximum Gasteiger partial charge on any atom is 0.257 e. The van der Waals surface area contributed by atoms with Crippen molar-refractivity contribution >= 4 is 39.9 Å². The van der Waals surface area contributed by atoms with E-state index in [0.29, 0.717) is 22.2 Å². The van der Waals surface area contributed by atoms with E-state index in [1.165, 1.54) is 6.42 Å². The van der Waals surface area contributed by atoms with Crippen LogP contribution in [0.1, 0.15) is 29.6 Å². The zero-order valence-corrected chi connectivity index (χ0v) is 16.8. The topological polar surface area (TPSA) is 59.4 Å². The Morgan fingerprint density at radius 3 is 2.75 bits per heavy atom. The van der Waals surface area contributed by atoms with Crippen LogP contribution >= 0.6 is 11.6 Å². The van der Waals surface area contributed by atoms with Crippen molar-refractivity contribution in [3.8, 4) is 5.75 Å². The quantitative estimate of drug-likeness (QED) is 0.697. The molecule has 1 saturated heterocycles. The number of methoxy groups -OCH3 is 1. The molecule has 1 N–H and O–H groups in total. The molecule has 28 heavy (non-hydrogen) atoms. The van der Waals surface area contributed by atoms with Crippen molar-refractivity contribution in [3.63, 3.8) is 0 Å². The molecule has 4 rings (SSSR count). The van der Waals surface area contributed by atoms with Gasteiger partial charge in [-0.25, -0.2) is 4.98 Å². The fourth-order valence-electron chi connectivity index (χ4n) is 3.74. The second-order valence-electron chi connectivity index (χ2n) is 7.03. The summed E-state index contributed by atoms with van der Waals surface area (Å²) in [7, 11) is 3.55. The summed E-state index contributed by atoms with van der Waals surface area (Å²) in [5.74, 6) is 1.35. The van der Waals surface area contributed by atoms with Crippen molar-refractivity contribution in [1.82, 2.24) is 14.5 Å². The van der Waals surface area contributed by atoms with Gasteiger partial charge in [0.1, 0.15) is 11.6 Å². The number of ether oxygens (including phenoxy) is 1. The van der Waals surface area contributed by atoms with Gasteiger partial charge in [0.25, 0.3) is 5.91 Å². The van der Waals surface area contributed by atoms with Crippen LogP contribution in [-0.2, 0) is 7.05 Å². The minimum absolute atomic E-state index is 0.0506. The molecule has 3 aromatic rings. The van der Waals surface area contributed by atoms with Crippen LogP contribution in [0, 0.1) is 0 Å². The average Bonchev–Trinajstić information content (AvgIpc) is 3.12. The third-order valence-corrected chi connectivity index (χ3v) is 5.43. The first-order chi connectivity index (χ1) is 13.6. The Morgan fingerprint density at radius 2 is 2.00 bits per heavy atom. The second kappa shape index (κ2) is 7.72. The lowest BCUT2D eigenvalue weighted by Gasteiger charge is -2.27. The Bertz CT molecular complexity index is 1020. The smallest absolute Gasteiger partial charge is 0.257 e. The number of pyridine rings is 1. The van der Waals surface area contributed by atoms with Crippen molar-refractivity contribution in [2.24, 2.45) is 7.05 Å². The van der Waals surface area contributed by atoms with E-state index in [0.717, 1.165) is 42.5 Å². The molecular formula is C21H23ClN4O2. The van der Waals surface area contributed by atoms with Gasteiger partial charge in [0.2, 0.25) is 0 Å². The number of nitrogens with one attached hydrogen (secondary N) is 1. The number of likely N-dealkylation sites (tertiary alicyclic amines) is 1. The van der Waals surface area contributed by atoms with Crippen molar-refractivity contribution in [3.05, 3.63) is 47.2 Å². The summed E-state index contributed by atoms with van der Waals surface area (Å²) in [5.41, 5.74) is 2.28. The molecular weight excluding hydrogens is 376 g/mol. The van der Waals surface area contributed by atoms with Crippen LogP contribution in [0.15, 0.2) is 36.7 Å². The summed E-state index contributed by atoms with van der Waals surface area (Å²) in [6.07, 6.45) is 6.93. The van der Waals surface area contributed by atoms with E-state index in [-0.39, 0.29) is 5.91 Å². The first-order valence-electron chi connectivity index (χ1n) is 9.42. The molecule has 1 aliphatic rings. The molecule has 146 valence electrons. The summed E-state index contributed by atoms with van der Waals surface area (Å²) in [6, 6.07) is 7.37. The number of fused-ring (bicyclic) bond motifs is 1. The van der Waals surface area contributed by atoms with Crippen molar-refractivity contribution < 1.29 is 9.53 Å². The Kier molecular flexibility index (Phi) is 5.13. The van der Waals surface area contributed by atoms with Gasteiger partial charge in [-0.1, -0.05) is 11.6 Å². The molecule has 0 saturated carbocycles. The van der Waals surface area contributed by atoms with Gasteiger partial charge in [-0.3, -0.25) is 4.79 Å². The Balaban J connectivity index is 1.73. The zero-order chi connectivity index (χ0) is 19.7. The lowest BCUT2D eigenvalue weighted by Crippen LogP contribution is -2.35. The number of amides is 1. The van der Waals surface area contributed by atoms with Gasteiger partial charge in [-0.05, 0) is 37.5 Å². The van der Waals surface area contributed by atoms with E-state index in [2.05, 4.69) is 10.3 Å². The SMILES string of the molecule is COc1cc(Cl)ccc1Nc1ncc(C(=O)N2CCCCC2)c2c1ccn2C. The summed E-state index contributed by atoms with van der Waals surface area (Å²) in [5, 5.41) is 4.81. The van der Waals surface area contributed by atoms with Crippen molar-refractivity contribution in [2.75, 3.05) is 25.5 Å². The number of carbonyl (C=O) groups excluding carboxylic acids is 1. The fourth-order valence-corrected chi connectivity index (χ4v) is 3.90. The summed E-state index contributed by atoms with van der Waals surface area (Å²) in [6.45, 7) is 1.62. The van der Waals surface area contributed by atoms with Crippen LogP contribution in [0.2, 0.25) is 5.02 Å². The Hall–Kier alpha value is -2.73. The molecule has 1 amide bonds. The van der Waals surface area contributed by atoms with E-state index >= 15 is 0 Å². The minimum atomic E-state index is 0.0506. The predicted octanol–water partition coefficient (Wildman–Crippen LogP) is 4.61. The number of halogens is 1. The number of hydrogen-bond acceptors (Lipinski definition) is 4. The van der Waals surface area contributed by atoms with Crippen LogP contribution in [-0.4, -0.2) is 40.6 Å². The molecule has 0 radical (unpaired) electrons. The number of aromatic nitrogens is 2. The van der Waals surface area contributed by atoms with Gasteiger partial charge in [0, 0.05) is 49.0 Å². The van der Waals surface area contributed by atoms with Gasteiger partial charge in [-0.15, -0.1) is 0 Å². The van der Waals surface area contributed by atoms with Crippen LogP contribution < -0.4 is 10.1 Å². The van der Waals surface area contributed by atoms with Gasteiger partial charge < -0.3 is 19.5 Å². The highest BCUT2D eigenvalue weighted by Crippen LogP contribution is 2.33. The van der Waals surface area contributed by atoms with Crippen molar-refractivity contribution in [1.29, 1.82) is 0 Å². The highest BCUT2D eigenvalue weighted by Gasteiger charge is 2.23. The number of nitrogens with zero attached hydrogens (tertiary/aromatic N) is 3. The largest absolute Gasteiger partial charge is 0.495 e. The highest BCUT2D eigenvalue weighted by molar-refractivity contribution is 6.30. The molecule has 1 fully saturated rings. The molecule has 7 heteroatoms. The minimum Gasteiger partial charge on any atom is -0.495 e.